The molecule has 3 nitrogen and oxygen atoms in total. The number of fused-ring (bicyclic) bond motifs is 1. The van der Waals surface area contributed by atoms with E-state index in [9.17, 15) is 13.2 Å². The highest BCUT2D eigenvalue weighted by Crippen LogP contribution is 2.27. The largest absolute Gasteiger partial charge is 0.389 e. The van der Waals surface area contributed by atoms with Crippen LogP contribution in [0.4, 0.5) is 13.2 Å². The van der Waals surface area contributed by atoms with Gasteiger partial charge in [0.1, 0.15) is 0 Å². The molecule has 3 unspecified atom stereocenters. The van der Waals surface area contributed by atoms with E-state index in [4.69, 9.17) is 4.74 Å². The molecule has 2 saturated heterocycles. The molecular weight excluding hydrogens is 257 g/mol. The maximum absolute atomic E-state index is 12.4. The summed E-state index contributed by atoms with van der Waals surface area (Å²) in [5.41, 5.74) is 0. The van der Waals surface area contributed by atoms with E-state index < -0.39 is 12.6 Å². The van der Waals surface area contributed by atoms with Crippen molar-refractivity contribution < 1.29 is 17.9 Å². The van der Waals surface area contributed by atoms with Crippen molar-refractivity contribution in [3.63, 3.8) is 0 Å². The first-order valence-corrected chi connectivity index (χ1v) is 7.15. The van der Waals surface area contributed by atoms with Crippen LogP contribution in [-0.4, -0.2) is 55.5 Å². The number of ether oxygens (including phenoxy) is 1. The summed E-state index contributed by atoms with van der Waals surface area (Å²) in [6.45, 7) is 5.08. The maximum atomic E-state index is 12.4. The Morgan fingerprint density at radius 2 is 2.21 bits per heavy atom. The lowest BCUT2D eigenvalue weighted by Crippen LogP contribution is -2.54. The topological polar surface area (TPSA) is 24.5 Å². The van der Waals surface area contributed by atoms with Gasteiger partial charge in [-0.1, -0.05) is 6.92 Å². The summed E-state index contributed by atoms with van der Waals surface area (Å²) in [7, 11) is 0. The van der Waals surface area contributed by atoms with E-state index in [0.29, 0.717) is 19.2 Å². The Kier molecular flexibility index (Phi) is 5.09. The van der Waals surface area contributed by atoms with Gasteiger partial charge in [-0.05, 0) is 32.4 Å². The predicted molar refractivity (Wildman–Crippen MR) is 67.1 cm³/mol. The molecule has 0 spiro atoms. The summed E-state index contributed by atoms with van der Waals surface area (Å²) in [6, 6.07) is 0.286. The van der Waals surface area contributed by atoms with Crippen LogP contribution >= 0.6 is 0 Å². The molecule has 2 heterocycles. The second-order valence-corrected chi connectivity index (χ2v) is 5.48. The quantitative estimate of drug-likeness (QED) is 0.835. The van der Waals surface area contributed by atoms with Crippen LogP contribution in [0.3, 0.4) is 0 Å². The first-order chi connectivity index (χ1) is 8.99. The van der Waals surface area contributed by atoms with Crippen LogP contribution < -0.4 is 5.32 Å². The molecule has 2 fully saturated rings. The van der Waals surface area contributed by atoms with Crippen molar-refractivity contribution in [1.29, 1.82) is 0 Å². The van der Waals surface area contributed by atoms with Gasteiger partial charge in [0.25, 0.3) is 0 Å². The minimum Gasteiger partial charge on any atom is -0.374 e. The monoisotopic (exact) mass is 280 g/mol. The third-order valence-electron chi connectivity index (χ3n) is 4.07. The second kappa shape index (κ2) is 6.41. The number of hydrogen-bond acceptors (Lipinski definition) is 3. The molecule has 2 aliphatic rings. The highest BCUT2D eigenvalue weighted by Gasteiger charge is 2.37. The van der Waals surface area contributed by atoms with Crippen LogP contribution in [0.25, 0.3) is 0 Å². The van der Waals surface area contributed by atoms with Crippen LogP contribution in [-0.2, 0) is 4.74 Å². The lowest BCUT2D eigenvalue weighted by molar-refractivity contribution is -0.140. The molecular formula is C13H23F3N2O. The SMILES string of the molecule is CCNC(CCC(F)(F)F)C1CN2CCCC2CO1. The Balaban J connectivity index is 1.87. The van der Waals surface area contributed by atoms with E-state index in [1.807, 2.05) is 6.92 Å². The van der Waals surface area contributed by atoms with E-state index in [2.05, 4.69) is 10.2 Å². The molecule has 0 bridgehead atoms. The Morgan fingerprint density at radius 3 is 2.89 bits per heavy atom. The summed E-state index contributed by atoms with van der Waals surface area (Å²) in [5.74, 6) is 0. The number of halogens is 3. The number of nitrogens with one attached hydrogen (secondary N) is 1. The van der Waals surface area contributed by atoms with Gasteiger partial charge in [-0.15, -0.1) is 0 Å². The summed E-state index contributed by atoms with van der Waals surface area (Å²) < 4.78 is 42.9. The Hall–Kier alpha value is -0.330. The van der Waals surface area contributed by atoms with Gasteiger partial charge in [-0.25, -0.2) is 0 Å². The molecule has 2 rings (SSSR count). The summed E-state index contributed by atoms with van der Waals surface area (Å²) in [4.78, 5) is 2.37. The minimum absolute atomic E-state index is 0.0977. The van der Waals surface area contributed by atoms with E-state index >= 15 is 0 Å². The first kappa shape index (κ1) is 15.1. The average molecular weight is 280 g/mol. The molecule has 0 aromatic rings. The van der Waals surface area contributed by atoms with Crippen molar-refractivity contribution in [2.24, 2.45) is 0 Å². The number of nitrogens with zero attached hydrogens (tertiary/aromatic N) is 1. The molecule has 0 radical (unpaired) electrons. The van der Waals surface area contributed by atoms with Gasteiger partial charge >= 0.3 is 6.18 Å². The van der Waals surface area contributed by atoms with Crippen molar-refractivity contribution >= 4 is 0 Å². The van der Waals surface area contributed by atoms with Gasteiger partial charge in [0.05, 0.1) is 12.7 Å². The molecule has 0 amide bonds. The summed E-state index contributed by atoms with van der Waals surface area (Å²) in [5, 5.41) is 3.15. The van der Waals surface area contributed by atoms with Gasteiger partial charge in [0.2, 0.25) is 0 Å². The molecule has 2 aliphatic heterocycles. The van der Waals surface area contributed by atoms with Crippen LogP contribution in [0.1, 0.15) is 32.6 Å². The minimum atomic E-state index is -4.08. The smallest absolute Gasteiger partial charge is 0.374 e. The molecule has 3 atom stereocenters. The number of likely N-dealkylation sites (N-methyl/N-ethyl adjacent to an activating group) is 1. The zero-order valence-corrected chi connectivity index (χ0v) is 11.4. The third-order valence-corrected chi connectivity index (χ3v) is 4.07. The second-order valence-electron chi connectivity index (χ2n) is 5.48. The van der Waals surface area contributed by atoms with E-state index in [-0.39, 0.29) is 18.6 Å². The number of rotatable bonds is 5. The molecule has 0 aliphatic carbocycles. The number of alkyl halides is 3. The van der Waals surface area contributed by atoms with Gasteiger partial charge in [0.15, 0.2) is 0 Å². The molecule has 0 aromatic heterocycles. The van der Waals surface area contributed by atoms with Crippen molar-refractivity contribution in [3.8, 4) is 0 Å². The summed E-state index contributed by atoms with van der Waals surface area (Å²) in [6.07, 6.45) is -2.51. The standard InChI is InChI=1S/C13H23F3N2O/c1-2-17-11(5-6-13(14,15)16)12-8-18-7-3-4-10(18)9-19-12/h10-12,17H,2-9H2,1H3. The number of hydrogen-bond donors (Lipinski definition) is 1. The fourth-order valence-electron chi connectivity index (χ4n) is 3.09. The van der Waals surface area contributed by atoms with Crippen LogP contribution in [0.2, 0.25) is 0 Å². The van der Waals surface area contributed by atoms with E-state index in [0.717, 1.165) is 19.5 Å². The highest BCUT2D eigenvalue weighted by molar-refractivity contribution is 4.90. The van der Waals surface area contributed by atoms with Crippen molar-refractivity contribution in [1.82, 2.24) is 10.2 Å². The molecule has 6 heteroatoms. The zero-order valence-electron chi connectivity index (χ0n) is 11.4. The molecule has 19 heavy (non-hydrogen) atoms. The zero-order chi connectivity index (χ0) is 13.9. The van der Waals surface area contributed by atoms with Crippen molar-refractivity contribution in [2.45, 2.75) is 57.0 Å². The van der Waals surface area contributed by atoms with Crippen LogP contribution in [0.15, 0.2) is 0 Å². The summed E-state index contributed by atoms with van der Waals surface area (Å²) >= 11 is 0. The van der Waals surface area contributed by atoms with Gasteiger partial charge < -0.3 is 10.1 Å². The van der Waals surface area contributed by atoms with Gasteiger partial charge in [0, 0.05) is 25.0 Å². The lowest BCUT2D eigenvalue weighted by Gasteiger charge is -2.39. The Bertz CT molecular complexity index is 286. The Labute approximate surface area is 112 Å². The van der Waals surface area contributed by atoms with Crippen LogP contribution in [0.5, 0.6) is 0 Å². The third kappa shape index (κ3) is 4.33. The fraction of sp³-hybridized carbons (Fsp3) is 1.00. The highest BCUT2D eigenvalue weighted by atomic mass is 19.4. The molecule has 0 aromatic carbocycles. The lowest BCUT2D eigenvalue weighted by atomic mass is 10.0. The van der Waals surface area contributed by atoms with Gasteiger partial charge in [-0.3, -0.25) is 4.90 Å². The predicted octanol–water partition coefficient (Wildman–Crippen LogP) is 2.17. The van der Waals surface area contributed by atoms with Crippen molar-refractivity contribution in [3.05, 3.63) is 0 Å². The first-order valence-electron chi connectivity index (χ1n) is 7.15. The van der Waals surface area contributed by atoms with E-state index in [1.54, 1.807) is 0 Å². The molecule has 0 saturated carbocycles. The van der Waals surface area contributed by atoms with Crippen molar-refractivity contribution in [2.75, 3.05) is 26.2 Å². The number of morpholine rings is 1. The van der Waals surface area contributed by atoms with Crippen LogP contribution in [0, 0.1) is 0 Å². The van der Waals surface area contributed by atoms with Gasteiger partial charge in [-0.2, -0.15) is 13.2 Å². The van der Waals surface area contributed by atoms with E-state index in [1.165, 1.54) is 6.42 Å². The molecule has 112 valence electrons. The fourth-order valence-corrected chi connectivity index (χ4v) is 3.09. The normalized spacial score (nSPS) is 30.3. The Morgan fingerprint density at radius 1 is 1.42 bits per heavy atom. The maximum Gasteiger partial charge on any atom is 0.389 e. The molecule has 1 N–H and O–H groups in total. The average Bonchev–Trinajstić information content (AvgIpc) is 2.80.